The summed E-state index contributed by atoms with van der Waals surface area (Å²) in [6, 6.07) is 4.58. The second-order valence-electron chi connectivity index (χ2n) is 8.73. The molecule has 1 unspecified atom stereocenters. The first kappa shape index (κ1) is 24.1. The maximum atomic E-state index is 4.09. The molecule has 132 valence electrons. The maximum Gasteiger partial charge on any atom is -0.147 e. The monoisotopic (exact) mass is 515 g/mol. The van der Waals surface area contributed by atoms with Gasteiger partial charge < -0.3 is 0 Å². The molecule has 1 aromatic carbocycles. The van der Waals surface area contributed by atoms with Gasteiger partial charge in [0.05, 0.1) is 0 Å². The van der Waals surface area contributed by atoms with E-state index in [1.54, 1.807) is 0 Å². The summed E-state index contributed by atoms with van der Waals surface area (Å²) in [4.78, 5) is 0. The average Bonchev–Trinajstić information content (AvgIpc) is 2.50. The minimum absolute atomic E-state index is 0. The van der Waals surface area contributed by atoms with Crippen molar-refractivity contribution in [3.8, 4) is 0 Å². The van der Waals surface area contributed by atoms with Crippen molar-refractivity contribution in [2.24, 2.45) is 0 Å². The molecule has 0 aromatic heterocycles. The number of fused-ring (bicyclic) bond motifs is 1. The van der Waals surface area contributed by atoms with Crippen LogP contribution in [0.5, 0.6) is 0 Å². The Balaban J connectivity index is 0.00000242. The van der Waals surface area contributed by atoms with Gasteiger partial charge in [-0.25, -0.2) is 0 Å². The first-order valence-electron chi connectivity index (χ1n) is 7.64. The molecule has 1 N–H and O–H groups in total. The van der Waals surface area contributed by atoms with Crippen LogP contribution in [0.4, 0.5) is 0 Å². The van der Waals surface area contributed by atoms with Gasteiger partial charge in [0.25, 0.3) is 0 Å². The summed E-state index contributed by atoms with van der Waals surface area (Å²) >= 11 is 0.621. The van der Waals surface area contributed by atoms with Crippen LogP contribution in [0.15, 0.2) is 22.2 Å². The molecule has 1 aromatic rings. The Hall–Kier alpha value is 1.08. The van der Waals surface area contributed by atoms with E-state index in [1.165, 1.54) is 26.7 Å². The van der Waals surface area contributed by atoms with Crippen molar-refractivity contribution in [1.82, 2.24) is 3.26 Å². The van der Waals surface area contributed by atoms with E-state index in [9.17, 15) is 0 Å². The third-order valence-corrected chi connectivity index (χ3v) is 18.4. The maximum absolute atomic E-state index is 4.09. The summed E-state index contributed by atoms with van der Waals surface area (Å²) in [5.41, 5.74) is 6.06. The van der Waals surface area contributed by atoms with Crippen LogP contribution in [0.2, 0.25) is 9.26 Å². The largest absolute Gasteiger partial charge is 0.147 e. The first-order valence-corrected chi connectivity index (χ1v) is 21.9. The topological polar surface area (TPSA) is 12.0 Å². The zero-order chi connectivity index (χ0) is 16.2. The van der Waals surface area contributed by atoms with E-state index >= 15 is 0 Å². The minimum atomic E-state index is -3.07. The number of hydrogen-bond donors (Lipinski definition) is 1. The van der Waals surface area contributed by atoms with Crippen LogP contribution in [-0.4, -0.2) is 12.4 Å². The van der Waals surface area contributed by atoms with Gasteiger partial charge in [-0.05, 0) is 0 Å². The van der Waals surface area contributed by atoms with E-state index in [-0.39, 0.29) is 30.4 Å². The van der Waals surface area contributed by atoms with Gasteiger partial charge in [0, 0.05) is 0 Å². The Bertz CT molecular complexity index is 701. The van der Waals surface area contributed by atoms with E-state index in [0.29, 0.717) is 3.63 Å². The number of nitrogens with one attached hydrogen (secondary N) is 1. The minimum Gasteiger partial charge on any atom is -0.147 e. The van der Waals surface area contributed by atoms with Crippen molar-refractivity contribution < 1.29 is 17.7 Å². The van der Waals surface area contributed by atoms with E-state index in [0.717, 1.165) is 0 Å². The van der Waals surface area contributed by atoms with Crippen LogP contribution in [-0.2, 0) is 17.7 Å². The molecule has 0 spiro atoms. The Kier molecular flexibility index (Phi) is 7.71. The smallest absolute Gasteiger partial charge is 0.147 e. The van der Waals surface area contributed by atoms with Gasteiger partial charge in [0.1, 0.15) is 0 Å². The summed E-state index contributed by atoms with van der Waals surface area (Å²) < 4.78 is 11.0. The third kappa shape index (κ3) is 5.28. The number of allylic oxidation sites excluding steroid dienone is 1. The van der Waals surface area contributed by atoms with Gasteiger partial charge in [-0.1, -0.05) is 0 Å². The van der Waals surface area contributed by atoms with Crippen LogP contribution in [0.3, 0.4) is 0 Å². The van der Waals surface area contributed by atoms with E-state index in [2.05, 4.69) is 88.2 Å². The van der Waals surface area contributed by atoms with Gasteiger partial charge >= 0.3 is 142 Å². The molecule has 23 heavy (non-hydrogen) atoms. The summed E-state index contributed by atoms with van der Waals surface area (Å²) in [7, 11) is 0. The summed E-state index contributed by atoms with van der Waals surface area (Å²) in [6.07, 6.45) is 2.42. The molecule has 0 saturated heterocycles. The second kappa shape index (κ2) is 7.37. The molecule has 6 heteroatoms. The molecule has 1 aliphatic rings. The van der Waals surface area contributed by atoms with Crippen LogP contribution < -0.4 is 3.26 Å². The predicted octanol–water partition coefficient (Wildman–Crippen LogP) is 5.70. The molecule has 1 atom stereocenters. The van der Waals surface area contributed by atoms with Gasteiger partial charge in [-0.3, -0.25) is 0 Å². The van der Waals surface area contributed by atoms with E-state index in [1.807, 2.05) is 0 Å². The molecule has 0 bridgehead atoms. The normalized spacial score (nSPS) is 17.8. The van der Waals surface area contributed by atoms with Gasteiger partial charge in [0.15, 0.2) is 0 Å². The summed E-state index contributed by atoms with van der Waals surface area (Å²) in [5.74, 6) is 0. The molecular weight excluding hydrogens is 488 g/mol. The molecule has 2 rings (SSSR count). The van der Waals surface area contributed by atoms with Crippen molar-refractivity contribution in [2.45, 2.75) is 53.0 Å². The van der Waals surface area contributed by atoms with Crippen molar-refractivity contribution >= 4 is 53.7 Å². The molecule has 1 nitrogen and oxygen atoms in total. The number of hydrogen-bond acceptors (Lipinski definition) is 1. The Morgan fingerprint density at radius 1 is 1.13 bits per heavy atom. The Morgan fingerprint density at radius 2 is 1.65 bits per heavy atom. The average molecular weight is 519 g/mol. The number of benzene rings is 1. The molecule has 0 aliphatic heterocycles. The van der Waals surface area contributed by atoms with Gasteiger partial charge in [0.2, 0.25) is 0 Å². The molecule has 1 aliphatic carbocycles. The Morgan fingerprint density at radius 3 is 2.13 bits per heavy atom. The molecule has 0 amide bonds. The van der Waals surface area contributed by atoms with Crippen molar-refractivity contribution in [1.29, 1.82) is 0 Å². The molecule has 0 saturated carbocycles. The van der Waals surface area contributed by atoms with Crippen molar-refractivity contribution in [2.75, 3.05) is 0 Å². The molecule has 0 fully saturated rings. The predicted molar refractivity (Wildman–Crippen MR) is 113 cm³/mol. The zero-order valence-electron chi connectivity index (χ0n) is 15.2. The number of halogens is 3. The van der Waals surface area contributed by atoms with Gasteiger partial charge in [-0.2, -0.15) is 0 Å². The molecular formula is C17H30BrCl2NSiZr. The zero-order valence-corrected chi connectivity index (χ0v) is 22.3. The fraction of sp³-hybridized carbons (Fsp3) is 0.529. The van der Waals surface area contributed by atoms with Crippen LogP contribution in [0, 0.1) is 6.92 Å². The molecule has 0 radical (unpaired) electrons. The summed E-state index contributed by atoms with van der Waals surface area (Å²) in [6.45, 7) is 13.7. The van der Waals surface area contributed by atoms with Gasteiger partial charge in [-0.15, -0.1) is 24.8 Å². The van der Waals surface area contributed by atoms with E-state index < -0.39 is 17.7 Å². The fourth-order valence-electron chi connectivity index (χ4n) is 4.31. The van der Waals surface area contributed by atoms with Crippen molar-refractivity contribution in [3.63, 3.8) is 0 Å². The fourth-order valence-corrected chi connectivity index (χ4v) is 24.5. The van der Waals surface area contributed by atoms with E-state index in [4.69, 9.17) is 0 Å². The first-order chi connectivity index (χ1) is 9.28. The second-order valence-corrected chi connectivity index (χ2v) is 38.4. The van der Waals surface area contributed by atoms with Crippen molar-refractivity contribution in [3.05, 3.63) is 38.9 Å². The molecule has 0 heterocycles. The number of rotatable bonds is 2. The summed E-state index contributed by atoms with van der Waals surface area (Å²) in [5, 5.41) is 0. The standard InChI is InChI=1S/C11H10Br.C4H10N.2CH3.2ClH.H2Si.Zr/c1-7-3-9-6-10(12)5-8(2)11(9)4-7;1-4(2,3)5;;;;;;/h3-6H,1-2H3;5H,1-3H3;2*1H3;2*1H;1H2;/q;-1;;;;;;+1. The third-order valence-electron chi connectivity index (χ3n) is 4.23. The van der Waals surface area contributed by atoms with Crippen LogP contribution >= 0.6 is 40.7 Å². The van der Waals surface area contributed by atoms with Crippen LogP contribution in [0.25, 0.3) is 6.08 Å². The van der Waals surface area contributed by atoms with Crippen LogP contribution in [0.1, 0.15) is 48.0 Å². The number of aryl methyl sites for hydroxylation is 1. The quantitative estimate of drug-likeness (QED) is 0.496. The Labute approximate surface area is 165 Å². The SMILES string of the molecule is CC1=Cc2c(C)cc(Br)cc2[CH]1[Zr]([CH3])([CH3])(=[SiH2])[NH]C(C)(C)C.Cl.Cl.